The highest BCUT2D eigenvalue weighted by atomic mass is 16.5. The third-order valence-corrected chi connectivity index (χ3v) is 7.66. The van der Waals surface area contributed by atoms with Gasteiger partial charge in [-0.2, -0.15) is 0 Å². The van der Waals surface area contributed by atoms with Crippen molar-refractivity contribution in [2.45, 2.75) is 92.3 Å². The van der Waals surface area contributed by atoms with E-state index >= 15 is 0 Å². The lowest BCUT2D eigenvalue weighted by molar-refractivity contribution is -0.182. The van der Waals surface area contributed by atoms with E-state index in [0.29, 0.717) is 6.42 Å². The maximum atomic E-state index is 11.8. The van der Waals surface area contributed by atoms with Gasteiger partial charge in [0.2, 0.25) is 0 Å². The van der Waals surface area contributed by atoms with E-state index in [9.17, 15) is 14.4 Å². The molecular formula is C24H38O6. The number of carboxylic acids is 1. The van der Waals surface area contributed by atoms with Crippen molar-refractivity contribution in [2.75, 3.05) is 0 Å². The van der Waals surface area contributed by atoms with Gasteiger partial charge in [-0.3, -0.25) is 14.4 Å². The van der Waals surface area contributed by atoms with Crippen molar-refractivity contribution in [2.24, 2.45) is 28.6 Å². The molecule has 2 aliphatic rings. The van der Waals surface area contributed by atoms with Crippen LogP contribution in [0.5, 0.6) is 0 Å². The monoisotopic (exact) mass is 422 g/mol. The quantitative estimate of drug-likeness (QED) is 0.470. The van der Waals surface area contributed by atoms with Crippen LogP contribution in [0.25, 0.3) is 0 Å². The number of hydrogen-bond donors (Lipinski definition) is 1. The fourth-order valence-corrected chi connectivity index (χ4v) is 6.17. The molecule has 0 radical (unpaired) electrons. The second-order valence-corrected chi connectivity index (χ2v) is 10.3. The standard InChI is InChI=1S/C24H38O6/c1-14(12-22(27)28)8-9-18-15(2)19(29-16(3)25)13-20-23(5,6)21(30-17(4)26)10-11-24(18,20)7/h14,18-21H,2,8-13H2,1,3-7H3,(H,27,28). The van der Waals surface area contributed by atoms with Gasteiger partial charge in [-0.15, -0.1) is 0 Å². The molecule has 2 aliphatic carbocycles. The molecule has 6 unspecified atom stereocenters. The number of fused-ring (bicyclic) bond motifs is 1. The Balaban J connectivity index is 2.34. The summed E-state index contributed by atoms with van der Waals surface area (Å²) in [6.07, 6.45) is 3.54. The van der Waals surface area contributed by atoms with Crippen molar-refractivity contribution < 1.29 is 29.0 Å². The van der Waals surface area contributed by atoms with Crippen LogP contribution in [0, 0.1) is 28.6 Å². The van der Waals surface area contributed by atoms with Crippen LogP contribution in [0.1, 0.15) is 80.1 Å². The molecule has 6 atom stereocenters. The first-order chi connectivity index (χ1) is 13.8. The molecule has 0 amide bonds. The minimum atomic E-state index is -0.783. The van der Waals surface area contributed by atoms with E-state index in [-0.39, 0.29) is 59.2 Å². The number of rotatable bonds is 7. The number of hydrogen-bond acceptors (Lipinski definition) is 5. The molecule has 0 heterocycles. The van der Waals surface area contributed by atoms with E-state index in [0.717, 1.165) is 31.3 Å². The highest BCUT2D eigenvalue weighted by Gasteiger charge is 2.59. The number of carbonyl (C=O) groups is 3. The predicted molar refractivity (Wildman–Crippen MR) is 114 cm³/mol. The minimum Gasteiger partial charge on any atom is -0.481 e. The van der Waals surface area contributed by atoms with Gasteiger partial charge < -0.3 is 14.6 Å². The average Bonchev–Trinajstić information content (AvgIpc) is 2.58. The van der Waals surface area contributed by atoms with Gasteiger partial charge in [-0.1, -0.05) is 34.3 Å². The van der Waals surface area contributed by atoms with E-state index in [1.165, 1.54) is 13.8 Å². The second kappa shape index (κ2) is 9.11. The summed E-state index contributed by atoms with van der Waals surface area (Å²) < 4.78 is 11.4. The Kier molecular flexibility index (Phi) is 7.41. The van der Waals surface area contributed by atoms with Gasteiger partial charge in [-0.25, -0.2) is 0 Å². The maximum absolute atomic E-state index is 11.8. The van der Waals surface area contributed by atoms with E-state index in [1.807, 2.05) is 6.92 Å². The molecular weight excluding hydrogens is 384 g/mol. The molecule has 0 aliphatic heterocycles. The maximum Gasteiger partial charge on any atom is 0.303 e. The number of carbonyl (C=O) groups excluding carboxylic acids is 2. The van der Waals surface area contributed by atoms with Gasteiger partial charge in [0, 0.05) is 25.7 Å². The number of aliphatic carboxylic acids is 1. The van der Waals surface area contributed by atoms with Gasteiger partial charge in [0.05, 0.1) is 0 Å². The lowest BCUT2D eigenvalue weighted by atomic mass is 9.45. The Morgan fingerprint density at radius 2 is 1.77 bits per heavy atom. The van der Waals surface area contributed by atoms with Gasteiger partial charge in [0.25, 0.3) is 0 Å². The number of ether oxygens (including phenoxy) is 2. The molecule has 0 saturated heterocycles. The van der Waals surface area contributed by atoms with Crippen molar-refractivity contribution >= 4 is 17.9 Å². The molecule has 0 aromatic carbocycles. The number of carboxylic acid groups (broad SMARTS) is 1. The Morgan fingerprint density at radius 1 is 1.17 bits per heavy atom. The molecule has 30 heavy (non-hydrogen) atoms. The van der Waals surface area contributed by atoms with Crippen molar-refractivity contribution in [3.05, 3.63) is 12.2 Å². The van der Waals surface area contributed by atoms with Crippen molar-refractivity contribution in [1.82, 2.24) is 0 Å². The number of esters is 2. The van der Waals surface area contributed by atoms with Gasteiger partial charge in [-0.05, 0) is 60.8 Å². The Bertz CT molecular complexity index is 696. The first-order valence-electron chi connectivity index (χ1n) is 11.0. The van der Waals surface area contributed by atoms with Crippen LogP contribution < -0.4 is 0 Å². The molecule has 1 N–H and O–H groups in total. The fraction of sp³-hybridized carbons (Fsp3) is 0.792. The molecule has 6 nitrogen and oxygen atoms in total. The molecule has 2 fully saturated rings. The summed E-state index contributed by atoms with van der Waals surface area (Å²) in [5.41, 5.74) is 0.590. The molecule has 0 aromatic heterocycles. The van der Waals surface area contributed by atoms with Crippen LogP contribution in [-0.2, 0) is 23.9 Å². The molecule has 6 heteroatoms. The highest BCUT2D eigenvalue weighted by molar-refractivity contribution is 5.67. The Hall–Kier alpha value is -1.85. The predicted octanol–water partition coefficient (Wildman–Crippen LogP) is 4.76. The van der Waals surface area contributed by atoms with E-state index in [1.54, 1.807) is 0 Å². The lowest BCUT2D eigenvalue weighted by Crippen LogP contribution is -2.58. The summed E-state index contributed by atoms with van der Waals surface area (Å²) in [5.74, 6) is -1.01. The molecule has 170 valence electrons. The van der Waals surface area contributed by atoms with E-state index in [2.05, 4.69) is 27.4 Å². The molecule has 2 saturated carbocycles. The van der Waals surface area contributed by atoms with Crippen LogP contribution in [0.15, 0.2) is 12.2 Å². The van der Waals surface area contributed by atoms with Crippen LogP contribution in [0.3, 0.4) is 0 Å². The zero-order chi connectivity index (χ0) is 22.9. The lowest BCUT2D eigenvalue weighted by Gasteiger charge is -2.61. The van der Waals surface area contributed by atoms with Crippen LogP contribution in [-0.4, -0.2) is 35.2 Å². The summed E-state index contributed by atoms with van der Waals surface area (Å²) in [7, 11) is 0. The third-order valence-electron chi connectivity index (χ3n) is 7.66. The van der Waals surface area contributed by atoms with Crippen LogP contribution in [0.4, 0.5) is 0 Å². The van der Waals surface area contributed by atoms with Gasteiger partial charge >= 0.3 is 17.9 Å². The summed E-state index contributed by atoms with van der Waals surface area (Å²) in [4.78, 5) is 34.5. The SMILES string of the molecule is C=C1C(OC(C)=O)CC2C(C)(C)C(OC(C)=O)CCC2(C)C1CCC(C)CC(=O)O. The minimum absolute atomic E-state index is 0.0665. The molecule has 2 rings (SSSR count). The molecule has 0 spiro atoms. The topological polar surface area (TPSA) is 89.9 Å². The highest BCUT2D eigenvalue weighted by Crippen LogP contribution is 2.62. The van der Waals surface area contributed by atoms with E-state index < -0.39 is 5.97 Å². The van der Waals surface area contributed by atoms with Crippen molar-refractivity contribution in [1.29, 1.82) is 0 Å². The normalized spacial score (nSPS) is 33.9. The summed E-state index contributed by atoms with van der Waals surface area (Å²) >= 11 is 0. The smallest absolute Gasteiger partial charge is 0.303 e. The first kappa shape index (κ1) is 24.4. The molecule has 0 bridgehead atoms. The largest absolute Gasteiger partial charge is 0.481 e. The van der Waals surface area contributed by atoms with Crippen LogP contribution >= 0.6 is 0 Å². The van der Waals surface area contributed by atoms with Crippen molar-refractivity contribution in [3.63, 3.8) is 0 Å². The summed E-state index contributed by atoms with van der Waals surface area (Å²) in [5, 5.41) is 9.11. The third kappa shape index (κ3) is 5.06. The van der Waals surface area contributed by atoms with E-state index in [4.69, 9.17) is 14.6 Å². The van der Waals surface area contributed by atoms with Gasteiger partial charge in [0.15, 0.2) is 0 Å². The second-order valence-electron chi connectivity index (χ2n) is 10.3. The van der Waals surface area contributed by atoms with Crippen molar-refractivity contribution in [3.8, 4) is 0 Å². The summed E-state index contributed by atoms with van der Waals surface area (Å²) in [6, 6.07) is 0. The first-order valence-corrected chi connectivity index (χ1v) is 11.0. The summed E-state index contributed by atoms with van der Waals surface area (Å²) in [6.45, 7) is 15.7. The zero-order valence-corrected chi connectivity index (χ0v) is 19.3. The zero-order valence-electron chi connectivity index (χ0n) is 19.3. The van der Waals surface area contributed by atoms with Gasteiger partial charge in [0.1, 0.15) is 12.2 Å². The Morgan fingerprint density at radius 3 is 2.30 bits per heavy atom. The molecule has 0 aromatic rings. The fourth-order valence-electron chi connectivity index (χ4n) is 6.17. The average molecular weight is 423 g/mol. The Labute approximate surface area is 180 Å². The van der Waals surface area contributed by atoms with Crippen LogP contribution in [0.2, 0.25) is 0 Å².